The van der Waals surface area contributed by atoms with E-state index in [0.717, 1.165) is 0 Å². The van der Waals surface area contributed by atoms with Gasteiger partial charge in [0.25, 0.3) is 0 Å². The molecule has 0 amide bonds. The molecule has 0 saturated heterocycles. The molecule has 0 atom stereocenters. The van der Waals surface area contributed by atoms with E-state index in [1.807, 2.05) is 0 Å². The van der Waals surface area contributed by atoms with Gasteiger partial charge >= 0.3 is 5.97 Å². The molecule has 2 N–H and O–H groups in total. The third kappa shape index (κ3) is 6.34. The topological polar surface area (TPSA) is 57.5 Å². The molecule has 0 saturated carbocycles. The third-order valence-electron chi connectivity index (χ3n) is 1.12. The molecule has 76 valence electrons. The van der Waals surface area contributed by atoms with E-state index in [9.17, 15) is 4.79 Å². The van der Waals surface area contributed by atoms with Crippen molar-refractivity contribution in [3.63, 3.8) is 0 Å². The van der Waals surface area contributed by atoms with Gasteiger partial charge in [-0.1, -0.05) is 41.4 Å². The van der Waals surface area contributed by atoms with Crippen LogP contribution >= 0.6 is 23.2 Å². The molecule has 0 spiro atoms. The summed E-state index contributed by atoms with van der Waals surface area (Å²) in [6.45, 7) is 0. The summed E-state index contributed by atoms with van der Waals surface area (Å²) in [7, 11) is 0. The van der Waals surface area contributed by atoms with Crippen LogP contribution in [-0.2, 0) is 0 Å². The smallest absolute Gasteiger partial charge is 0.335 e. The quantitative estimate of drug-likeness (QED) is 0.734. The molecule has 0 radical (unpaired) electrons. The minimum Gasteiger partial charge on any atom is -0.513 e. The van der Waals surface area contributed by atoms with Crippen LogP contribution in [0.15, 0.2) is 41.1 Å². The van der Waals surface area contributed by atoms with E-state index >= 15 is 0 Å². The predicted octanol–water partition coefficient (Wildman–Crippen LogP) is 3.21. The summed E-state index contributed by atoms with van der Waals surface area (Å²) in [4.78, 5) is 10.2. The lowest BCUT2D eigenvalue weighted by Gasteiger charge is -1.88. The van der Waals surface area contributed by atoms with Gasteiger partial charge in [0.05, 0.1) is 5.56 Å². The fraction of sp³-hybridized carbons (Fsp3) is 0. The normalized spacial score (nSPS) is 8.14. The number of aliphatic hydroxyl groups excluding tert-OH is 1. The molecule has 1 aromatic carbocycles. The standard InChI is InChI=1S/C7H6O2.C2H2Cl2O/c8-7(9)6-4-2-1-3-5-6;3-2(4)1-5/h1-5H,(H,8,9);1,5H. The first kappa shape index (κ1) is 12.8. The van der Waals surface area contributed by atoms with Gasteiger partial charge in [-0.3, -0.25) is 0 Å². The second-order valence-corrected chi connectivity index (χ2v) is 3.10. The number of rotatable bonds is 1. The Bertz CT molecular complexity index is 305. The minimum atomic E-state index is -0.879. The van der Waals surface area contributed by atoms with Crippen LogP contribution in [0.2, 0.25) is 0 Å². The number of carboxylic acid groups (broad SMARTS) is 1. The van der Waals surface area contributed by atoms with E-state index in [1.54, 1.807) is 30.3 Å². The first-order valence-electron chi connectivity index (χ1n) is 3.51. The van der Waals surface area contributed by atoms with Crippen molar-refractivity contribution in [3.05, 3.63) is 46.6 Å². The van der Waals surface area contributed by atoms with E-state index in [-0.39, 0.29) is 4.49 Å². The summed E-state index contributed by atoms with van der Waals surface area (Å²) < 4.78 is -0.120. The van der Waals surface area contributed by atoms with Gasteiger partial charge in [0, 0.05) is 0 Å². The lowest BCUT2D eigenvalue weighted by molar-refractivity contribution is 0.0697. The number of benzene rings is 1. The van der Waals surface area contributed by atoms with Crippen molar-refractivity contribution >= 4 is 29.2 Å². The zero-order valence-electron chi connectivity index (χ0n) is 7.02. The van der Waals surface area contributed by atoms with Crippen LogP contribution in [0.1, 0.15) is 10.4 Å². The van der Waals surface area contributed by atoms with Gasteiger partial charge in [-0.2, -0.15) is 0 Å². The summed E-state index contributed by atoms with van der Waals surface area (Å²) in [5.41, 5.74) is 0.331. The number of aromatic carboxylic acids is 1. The van der Waals surface area contributed by atoms with Gasteiger partial charge in [0.2, 0.25) is 0 Å². The second kappa shape index (κ2) is 7.24. The first-order valence-corrected chi connectivity index (χ1v) is 4.27. The van der Waals surface area contributed by atoms with Crippen LogP contribution in [0, 0.1) is 0 Å². The summed E-state index contributed by atoms with van der Waals surface area (Å²) in [5, 5.41) is 16.1. The Hall–Kier alpha value is -1.19. The molecule has 0 aromatic heterocycles. The molecule has 0 bridgehead atoms. The van der Waals surface area contributed by atoms with E-state index in [4.69, 9.17) is 33.4 Å². The highest BCUT2D eigenvalue weighted by Crippen LogP contribution is 2.02. The van der Waals surface area contributed by atoms with Crippen molar-refractivity contribution in [2.75, 3.05) is 0 Å². The van der Waals surface area contributed by atoms with Gasteiger partial charge in [-0.25, -0.2) is 4.79 Å². The number of carbonyl (C=O) groups is 1. The van der Waals surface area contributed by atoms with Crippen LogP contribution < -0.4 is 0 Å². The molecular formula is C9H8Cl2O3. The Labute approximate surface area is 91.2 Å². The zero-order valence-corrected chi connectivity index (χ0v) is 8.53. The first-order chi connectivity index (χ1) is 6.57. The molecule has 1 rings (SSSR count). The molecule has 14 heavy (non-hydrogen) atoms. The zero-order chi connectivity index (χ0) is 11.0. The van der Waals surface area contributed by atoms with Gasteiger partial charge in [0.15, 0.2) is 0 Å². The highest BCUT2D eigenvalue weighted by atomic mass is 35.5. The summed E-state index contributed by atoms with van der Waals surface area (Å²) in [6.07, 6.45) is 0.614. The molecule has 1 aromatic rings. The van der Waals surface area contributed by atoms with Crippen molar-refractivity contribution in [1.82, 2.24) is 0 Å². The molecule has 0 fully saturated rings. The lowest BCUT2D eigenvalue weighted by atomic mass is 10.2. The van der Waals surface area contributed by atoms with E-state index < -0.39 is 5.97 Å². The maximum atomic E-state index is 10.2. The molecular weight excluding hydrogens is 227 g/mol. The SMILES string of the molecule is O=C(O)c1ccccc1.OC=C(Cl)Cl. The van der Waals surface area contributed by atoms with E-state index in [0.29, 0.717) is 11.8 Å². The Morgan fingerprint density at radius 1 is 1.21 bits per heavy atom. The molecule has 0 aliphatic rings. The minimum absolute atomic E-state index is 0.120. The Balaban J connectivity index is 0.000000292. The average Bonchev–Trinajstić information content (AvgIpc) is 2.20. The third-order valence-corrected chi connectivity index (χ3v) is 1.31. The van der Waals surface area contributed by atoms with Gasteiger partial charge < -0.3 is 10.2 Å². The van der Waals surface area contributed by atoms with Gasteiger partial charge in [-0.15, -0.1) is 0 Å². The molecule has 0 heterocycles. The predicted molar refractivity (Wildman–Crippen MR) is 55.8 cm³/mol. The maximum Gasteiger partial charge on any atom is 0.335 e. The Morgan fingerprint density at radius 3 is 1.86 bits per heavy atom. The highest BCUT2D eigenvalue weighted by Gasteiger charge is 1.96. The van der Waals surface area contributed by atoms with Crippen molar-refractivity contribution in [2.24, 2.45) is 0 Å². The van der Waals surface area contributed by atoms with E-state index in [2.05, 4.69) is 0 Å². The lowest BCUT2D eigenvalue weighted by Crippen LogP contribution is -1.93. The van der Waals surface area contributed by atoms with Crippen LogP contribution in [0.3, 0.4) is 0 Å². The van der Waals surface area contributed by atoms with Crippen molar-refractivity contribution in [1.29, 1.82) is 0 Å². The average molecular weight is 235 g/mol. The second-order valence-electron chi connectivity index (χ2n) is 2.09. The Kier molecular flexibility index (Phi) is 6.62. The molecule has 0 aliphatic carbocycles. The maximum absolute atomic E-state index is 10.2. The molecule has 5 heteroatoms. The number of aliphatic hydroxyl groups is 1. The molecule has 0 unspecified atom stereocenters. The highest BCUT2D eigenvalue weighted by molar-refractivity contribution is 6.55. The monoisotopic (exact) mass is 234 g/mol. The van der Waals surface area contributed by atoms with Crippen molar-refractivity contribution in [2.45, 2.75) is 0 Å². The largest absolute Gasteiger partial charge is 0.513 e. The van der Waals surface area contributed by atoms with Crippen LogP contribution in [0.4, 0.5) is 0 Å². The fourth-order valence-electron chi connectivity index (χ4n) is 0.581. The van der Waals surface area contributed by atoms with Crippen LogP contribution in [0.25, 0.3) is 0 Å². The number of halogens is 2. The summed E-state index contributed by atoms with van der Waals surface area (Å²) in [6, 6.07) is 8.30. The summed E-state index contributed by atoms with van der Waals surface area (Å²) in [5.74, 6) is -0.879. The fourth-order valence-corrected chi connectivity index (χ4v) is 0.581. The number of hydrogen-bond donors (Lipinski definition) is 2. The van der Waals surface area contributed by atoms with Crippen molar-refractivity contribution < 1.29 is 15.0 Å². The van der Waals surface area contributed by atoms with Crippen LogP contribution in [0.5, 0.6) is 0 Å². The van der Waals surface area contributed by atoms with Crippen LogP contribution in [-0.4, -0.2) is 16.2 Å². The number of carboxylic acids is 1. The van der Waals surface area contributed by atoms with E-state index in [1.165, 1.54) is 0 Å². The number of hydrogen-bond acceptors (Lipinski definition) is 2. The molecule has 3 nitrogen and oxygen atoms in total. The van der Waals surface area contributed by atoms with Gasteiger partial charge in [-0.05, 0) is 12.1 Å². The molecule has 0 aliphatic heterocycles. The summed E-state index contributed by atoms with van der Waals surface area (Å²) >= 11 is 9.68. The Morgan fingerprint density at radius 2 is 1.64 bits per heavy atom. The van der Waals surface area contributed by atoms with Gasteiger partial charge in [0.1, 0.15) is 10.8 Å². The van der Waals surface area contributed by atoms with Crippen molar-refractivity contribution in [3.8, 4) is 0 Å².